The van der Waals surface area contributed by atoms with Crippen LogP contribution in [-0.2, 0) is 0 Å². The maximum atomic E-state index is 10.4. The van der Waals surface area contributed by atoms with Crippen LogP contribution in [0.2, 0.25) is 0 Å². The zero-order valence-corrected chi connectivity index (χ0v) is 15.2. The topological polar surface area (TPSA) is 34.1 Å². The Labute approximate surface area is 145 Å². The lowest BCUT2D eigenvalue weighted by molar-refractivity contribution is 0.111. The van der Waals surface area contributed by atoms with Gasteiger partial charge in [-0.15, -0.1) is 22.7 Å². The highest BCUT2D eigenvalue weighted by atomic mass is 127. The molecule has 2 aromatic rings. The van der Waals surface area contributed by atoms with Gasteiger partial charge in [0.25, 0.3) is 0 Å². The molecule has 4 rings (SSSR count). The third-order valence-corrected chi connectivity index (χ3v) is 6.69. The summed E-state index contributed by atoms with van der Waals surface area (Å²) in [5.74, 6) is 1.55. The van der Waals surface area contributed by atoms with Gasteiger partial charge in [-0.3, -0.25) is 9.59 Å². The lowest BCUT2D eigenvalue weighted by Gasteiger charge is -1.89. The van der Waals surface area contributed by atoms with Gasteiger partial charge in [0.1, 0.15) is 0 Å². The standard InChI is InChI=1S/C8H7IOS.C8H8OS/c9-8-7(5-1-2-5)3-6(4-10)11-8;9-4-8-3-7(5-10-8)6-1-2-6/h3-5H,1-2H2;3-6H,1-2H2. The number of rotatable bonds is 4. The first-order valence-corrected chi connectivity index (χ1v) is 9.76. The Balaban J connectivity index is 0.000000126. The fourth-order valence-electron chi connectivity index (χ4n) is 2.19. The van der Waals surface area contributed by atoms with Crippen LogP contribution in [0.3, 0.4) is 0 Å². The van der Waals surface area contributed by atoms with Gasteiger partial charge in [0.05, 0.1) is 12.6 Å². The van der Waals surface area contributed by atoms with Crippen molar-refractivity contribution in [2.24, 2.45) is 0 Å². The monoisotopic (exact) mass is 430 g/mol. The number of halogens is 1. The molecule has 2 aromatic heterocycles. The molecule has 0 aliphatic heterocycles. The van der Waals surface area contributed by atoms with E-state index in [1.165, 1.54) is 39.7 Å². The molecule has 0 atom stereocenters. The van der Waals surface area contributed by atoms with Gasteiger partial charge in [0.2, 0.25) is 0 Å². The minimum atomic E-state index is 0.770. The van der Waals surface area contributed by atoms with Gasteiger partial charge < -0.3 is 0 Å². The second-order valence-corrected chi connectivity index (χ2v) is 9.28. The highest BCUT2D eigenvalue weighted by molar-refractivity contribution is 14.1. The molecule has 110 valence electrons. The van der Waals surface area contributed by atoms with E-state index in [1.54, 1.807) is 22.7 Å². The van der Waals surface area contributed by atoms with Crippen LogP contribution in [0.15, 0.2) is 17.5 Å². The molecule has 2 aliphatic rings. The van der Waals surface area contributed by atoms with Crippen molar-refractivity contribution in [1.29, 1.82) is 0 Å². The maximum Gasteiger partial charge on any atom is 0.160 e. The first-order chi connectivity index (χ1) is 10.2. The van der Waals surface area contributed by atoms with Gasteiger partial charge in [-0.05, 0) is 88.7 Å². The average molecular weight is 430 g/mol. The molecule has 0 saturated heterocycles. The molecule has 0 amide bonds. The van der Waals surface area contributed by atoms with Gasteiger partial charge in [-0.1, -0.05) is 0 Å². The second-order valence-electron chi connectivity index (χ2n) is 5.44. The van der Waals surface area contributed by atoms with E-state index < -0.39 is 0 Å². The van der Waals surface area contributed by atoms with Crippen LogP contribution >= 0.6 is 45.3 Å². The first kappa shape index (κ1) is 15.4. The molecular weight excluding hydrogens is 415 g/mol. The SMILES string of the molecule is O=Cc1cc(C2CC2)c(I)s1.O=Cc1cc(C2CC2)cs1. The molecule has 0 unspecified atom stereocenters. The van der Waals surface area contributed by atoms with Crippen molar-refractivity contribution in [2.45, 2.75) is 37.5 Å². The average Bonchev–Trinajstić information content (AvgIpc) is 3.43. The number of aldehydes is 2. The molecule has 0 aromatic carbocycles. The van der Waals surface area contributed by atoms with E-state index in [9.17, 15) is 9.59 Å². The molecule has 2 aliphatic carbocycles. The summed E-state index contributed by atoms with van der Waals surface area (Å²) in [6.45, 7) is 0. The minimum Gasteiger partial charge on any atom is -0.297 e. The molecular formula is C16H15IO2S2. The fourth-order valence-corrected chi connectivity index (χ4v) is 5.13. The van der Waals surface area contributed by atoms with Crippen molar-refractivity contribution in [3.8, 4) is 0 Å². The lowest BCUT2D eigenvalue weighted by Crippen LogP contribution is -1.74. The lowest BCUT2D eigenvalue weighted by atomic mass is 10.2. The number of hydrogen-bond donors (Lipinski definition) is 0. The van der Waals surface area contributed by atoms with Gasteiger partial charge in [0.15, 0.2) is 12.6 Å². The largest absolute Gasteiger partial charge is 0.297 e. The van der Waals surface area contributed by atoms with Gasteiger partial charge >= 0.3 is 0 Å². The van der Waals surface area contributed by atoms with E-state index >= 15 is 0 Å². The van der Waals surface area contributed by atoms with Crippen LogP contribution in [-0.4, -0.2) is 12.6 Å². The normalized spacial score (nSPS) is 17.0. The zero-order valence-electron chi connectivity index (χ0n) is 11.4. The van der Waals surface area contributed by atoms with Crippen LogP contribution in [0.25, 0.3) is 0 Å². The summed E-state index contributed by atoms with van der Waals surface area (Å²) in [5.41, 5.74) is 2.77. The van der Waals surface area contributed by atoms with Gasteiger partial charge in [-0.2, -0.15) is 0 Å². The summed E-state index contributed by atoms with van der Waals surface area (Å²) < 4.78 is 1.30. The van der Waals surface area contributed by atoms with E-state index in [1.807, 2.05) is 12.1 Å². The first-order valence-electron chi connectivity index (χ1n) is 6.99. The summed E-state index contributed by atoms with van der Waals surface area (Å²) in [5, 5.41) is 2.10. The molecule has 0 radical (unpaired) electrons. The van der Waals surface area contributed by atoms with E-state index in [0.717, 1.165) is 34.2 Å². The highest BCUT2D eigenvalue weighted by Gasteiger charge is 2.27. The fraction of sp³-hybridized carbons (Fsp3) is 0.375. The van der Waals surface area contributed by atoms with Crippen molar-refractivity contribution in [3.05, 3.63) is 41.3 Å². The number of hydrogen-bond acceptors (Lipinski definition) is 4. The zero-order chi connectivity index (χ0) is 14.8. The highest BCUT2D eigenvalue weighted by Crippen LogP contribution is 2.44. The van der Waals surface area contributed by atoms with E-state index in [2.05, 4.69) is 28.0 Å². The summed E-state index contributed by atoms with van der Waals surface area (Å²) in [6.07, 6.45) is 7.12. The molecule has 2 nitrogen and oxygen atoms in total. The van der Waals surface area contributed by atoms with Crippen molar-refractivity contribution in [3.63, 3.8) is 0 Å². The Morgan fingerprint density at radius 1 is 1.00 bits per heavy atom. The van der Waals surface area contributed by atoms with E-state index in [0.29, 0.717) is 0 Å². The molecule has 0 bridgehead atoms. The predicted molar refractivity (Wildman–Crippen MR) is 96.1 cm³/mol. The molecule has 0 N–H and O–H groups in total. The molecule has 2 saturated carbocycles. The molecule has 0 spiro atoms. The number of carbonyl (C=O) groups is 2. The number of thiophene rings is 2. The third-order valence-electron chi connectivity index (χ3n) is 3.67. The van der Waals surface area contributed by atoms with E-state index in [-0.39, 0.29) is 0 Å². The summed E-state index contributed by atoms with van der Waals surface area (Å²) in [4.78, 5) is 22.4. The van der Waals surface area contributed by atoms with Crippen molar-refractivity contribution >= 4 is 57.8 Å². The quantitative estimate of drug-likeness (QED) is 0.476. The predicted octanol–water partition coefficient (Wildman–Crippen LogP) is 5.48. The Bertz CT molecular complexity index is 651. The van der Waals surface area contributed by atoms with Crippen LogP contribution in [0.4, 0.5) is 0 Å². The van der Waals surface area contributed by atoms with Crippen LogP contribution in [0, 0.1) is 2.88 Å². The molecule has 5 heteroatoms. The van der Waals surface area contributed by atoms with Crippen molar-refractivity contribution in [1.82, 2.24) is 0 Å². The molecule has 2 fully saturated rings. The smallest absolute Gasteiger partial charge is 0.160 e. The Hall–Kier alpha value is -0.530. The molecule has 21 heavy (non-hydrogen) atoms. The van der Waals surface area contributed by atoms with E-state index in [4.69, 9.17) is 0 Å². The van der Waals surface area contributed by atoms with Crippen LogP contribution < -0.4 is 0 Å². The van der Waals surface area contributed by atoms with Crippen molar-refractivity contribution < 1.29 is 9.59 Å². The minimum absolute atomic E-state index is 0.770. The number of carbonyl (C=O) groups excluding carboxylic acids is 2. The second kappa shape index (κ2) is 6.71. The van der Waals surface area contributed by atoms with Crippen LogP contribution in [0.5, 0.6) is 0 Å². The summed E-state index contributed by atoms with van der Waals surface area (Å²) in [7, 11) is 0. The Kier molecular flexibility index (Phi) is 4.91. The summed E-state index contributed by atoms with van der Waals surface area (Å²) in [6, 6.07) is 4.05. The Morgan fingerprint density at radius 3 is 2.14 bits per heavy atom. The third kappa shape index (κ3) is 4.02. The molecule has 2 heterocycles. The van der Waals surface area contributed by atoms with Gasteiger partial charge in [-0.25, -0.2) is 0 Å². The van der Waals surface area contributed by atoms with Crippen LogP contribution in [0.1, 0.15) is 68.0 Å². The Morgan fingerprint density at radius 2 is 1.67 bits per heavy atom. The van der Waals surface area contributed by atoms with Gasteiger partial charge in [0, 0.05) is 0 Å². The summed E-state index contributed by atoms with van der Waals surface area (Å²) >= 11 is 5.47. The maximum absolute atomic E-state index is 10.4. The van der Waals surface area contributed by atoms with Crippen molar-refractivity contribution in [2.75, 3.05) is 0 Å².